The summed E-state index contributed by atoms with van der Waals surface area (Å²) < 4.78 is 5.08. The number of esters is 1. The number of hydrogen-bond donors (Lipinski definition) is 1. The summed E-state index contributed by atoms with van der Waals surface area (Å²) in [6, 6.07) is 3.64. The van der Waals surface area contributed by atoms with Crippen LogP contribution >= 0.6 is 0 Å². The van der Waals surface area contributed by atoms with Crippen molar-refractivity contribution in [2.75, 3.05) is 6.61 Å². The Morgan fingerprint density at radius 1 is 1.31 bits per heavy atom. The van der Waals surface area contributed by atoms with E-state index in [9.17, 15) is 14.7 Å². The molecule has 0 amide bonds. The Morgan fingerprint density at radius 2 is 2.00 bits per heavy atom. The first-order chi connectivity index (χ1) is 12.1. The highest BCUT2D eigenvalue weighted by atomic mass is 16.5. The molecule has 0 spiro atoms. The van der Waals surface area contributed by atoms with E-state index >= 15 is 0 Å². The van der Waals surface area contributed by atoms with E-state index in [1.807, 2.05) is 13.0 Å². The summed E-state index contributed by atoms with van der Waals surface area (Å²) in [5.74, 6) is 0.155. The van der Waals surface area contributed by atoms with Crippen LogP contribution in [-0.4, -0.2) is 23.5 Å². The third-order valence-electron chi connectivity index (χ3n) is 6.77. The van der Waals surface area contributed by atoms with Gasteiger partial charge in [0.1, 0.15) is 5.75 Å². The molecule has 3 atom stereocenters. The number of carbonyl (C=O) groups excluding carboxylic acids is 2. The second-order valence-electron chi connectivity index (χ2n) is 9.10. The van der Waals surface area contributed by atoms with Gasteiger partial charge in [-0.2, -0.15) is 0 Å². The van der Waals surface area contributed by atoms with Crippen LogP contribution in [0.25, 0.3) is 0 Å². The first-order valence-corrected chi connectivity index (χ1v) is 9.60. The Balaban J connectivity index is 2.04. The third-order valence-corrected chi connectivity index (χ3v) is 6.77. The fraction of sp³-hybridized carbons (Fsp3) is 0.636. The minimum atomic E-state index is -0.342. The second-order valence-corrected chi connectivity index (χ2v) is 9.10. The average Bonchev–Trinajstić information content (AvgIpc) is 2.54. The minimum absolute atomic E-state index is 0.0832. The topological polar surface area (TPSA) is 63.6 Å². The predicted molar refractivity (Wildman–Crippen MR) is 101 cm³/mol. The minimum Gasteiger partial charge on any atom is -0.508 e. The molecule has 0 unspecified atom stereocenters. The maximum atomic E-state index is 13.0. The normalized spacial score (nSPS) is 28.0. The Morgan fingerprint density at radius 3 is 2.65 bits per heavy atom. The number of benzene rings is 1. The zero-order chi connectivity index (χ0) is 19.3. The molecule has 1 N–H and O–H groups in total. The van der Waals surface area contributed by atoms with Crippen molar-refractivity contribution in [2.24, 2.45) is 11.3 Å². The van der Waals surface area contributed by atoms with Crippen LogP contribution in [-0.2, 0) is 14.9 Å². The van der Waals surface area contributed by atoms with E-state index in [4.69, 9.17) is 4.74 Å². The fourth-order valence-corrected chi connectivity index (χ4v) is 5.28. The summed E-state index contributed by atoms with van der Waals surface area (Å²) in [6.45, 7) is 10.3. The largest absolute Gasteiger partial charge is 0.508 e. The molecule has 0 bridgehead atoms. The van der Waals surface area contributed by atoms with Crippen molar-refractivity contribution < 1.29 is 19.4 Å². The molecular formula is C22H30O4. The van der Waals surface area contributed by atoms with Crippen LogP contribution in [0.3, 0.4) is 0 Å². The third kappa shape index (κ3) is 3.04. The van der Waals surface area contributed by atoms with Crippen LogP contribution in [0.4, 0.5) is 0 Å². The van der Waals surface area contributed by atoms with Gasteiger partial charge in [0.25, 0.3) is 0 Å². The number of rotatable bonds is 3. The van der Waals surface area contributed by atoms with Crippen molar-refractivity contribution in [3.8, 4) is 5.75 Å². The molecule has 142 valence electrons. The van der Waals surface area contributed by atoms with Crippen LogP contribution in [0.2, 0.25) is 0 Å². The van der Waals surface area contributed by atoms with Gasteiger partial charge in [-0.15, -0.1) is 0 Å². The summed E-state index contributed by atoms with van der Waals surface area (Å²) in [5.41, 5.74) is 2.45. The molecule has 0 aliphatic heterocycles. The van der Waals surface area contributed by atoms with Crippen molar-refractivity contribution in [1.82, 2.24) is 0 Å². The molecule has 4 nitrogen and oxygen atoms in total. The van der Waals surface area contributed by atoms with Gasteiger partial charge in [-0.3, -0.25) is 9.59 Å². The quantitative estimate of drug-likeness (QED) is 0.794. The van der Waals surface area contributed by atoms with Gasteiger partial charge in [-0.25, -0.2) is 0 Å². The highest BCUT2D eigenvalue weighted by Gasteiger charge is 2.52. The zero-order valence-electron chi connectivity index (χ0n) is 16.5. The molecule has 0 saturated heterocycles. The van der Waals surface area contributed by atoms with E-state index in [1.54, 1.807) is 6.07 Å². The first-order valence-electron chi connectivity index (χ1n) is 9.60. The van der Waals surface area contributed by atoms with Crippen LogP contribution in [0, 0.1) is 11.3 Å². The highest BCUT2D eigenvalue weighted by molar-refractivity contribution is 6.00. The lowest BCUT2D eigenvalue weighted by Crippen LogP contribution is -2.49. The van der Waals surface area contributed by atoms with Gasteiger partial charge in [-0.1, -0.05) is 34.1 Å². The van der Waals surface area contributed by atoms with Crippen LogP contribution in [0.1, 0.15) is 87.7 Å². The van der Waals surface area contributed by atoms with Gasteiger partial charge < -0.3 is 9.84 Å². The Labute approximate surface area is 155 Å². The molecule has 1 saturated carbocycles. The van der Waals surface area contributed by atoms with Gasteiger partial charge in [0.2, 0.25) is 0 Å². The molecule has 0 aromatic heterocycles. The number of ether oxygens (including phenoxy) is 1. The molecule has 0 heterocycles. The molecular weight excluding hydrogens is 328 g/mol. The summed E-state index contributed by atoms with van der Waals surface area (Å²) in [5, 5.41) is 10.7. The van der Waals surface area contributed by atoms with E-state index in [1.165, 1.54) is 6.92 Å². The number of phenolic OH excluding ortho intramolecular Hbond substituents is 1. The fourth-order valence-electron chi connectivity index (χ4n) is 5.28. The van der Waals surface area contributed by atoms with Gasteiger partial charge in [0.05, 0.1) is 6.61 Å². The van der Waals surface area contributed by atoms with Gasteiger partial charge in [0.15, 0.2) is 5.78 Å². The molecule has 2 aliphatic rings. The molecule has 1 aromatic rings. The molecule has 0 radical (unpaired) electrons. The van der Waals surface area contributed by atoms with Gasteiger partial charge >= 0.3 is 5.97 Å². The maximum absolute atomic E-state index is 13.0. The Hall–Kier alpha value is -1.84. The lowest BCUT2D eigenvalue weighted by atomic mass is 9.50. The SMILES string of the molecule is CC(=O)OC[C@@H](C)c1cc2c(cc1O)[C@@]1(C)CCCC(C)(C)[C@@H]1CC2=O. The maximum Gasteiger partial charge on any atom is 0.302 e. The van der Waals surface area contributed by atoms with Gasteiger partial charge in [-0.05, 0) is 47.3 Å². The monoisotopic (exact) mass is 358 g/mol. The van der Waals surface area contributed by atoms with Crippen molar-refractivity contribution in [3.05, 3.63) is 28.8 Å². The Kier molecular flexibility index (Phi) is 4.66. The number of hydrogen-bond acceptors (Lipinski definition) is 4. The summed E-state index contributed by atoms with van der Waals surface area (Å²) in [4.78, 5) is 24.0. The predicted octanol–water partition coefficient (Wildman–Crippen LogP) is 4.73. The van der Waals surface area contributed by atoms with Crippen molar-refractivity contribution in [3.63, 3.8) is 0 Å². The molecule has 1 aromatic carbocycles. The summed E-state index contributed by atoms with van der Waals surface area (Å²) >= 11 is 0. The number of aromatic hydroxyl groups is 1. The average molecular weight is 358 g/mol. The second kappa shape index (κ2) is 6.40. The van der Waals surface area contributed by atoms with Crippen LogP contribution in [0.15, 0.2) is 12.1 Å². The lowest BCUT2D eigenvalue weighted by molar-refractivity contribution is -0.141. The summed E-state index contributed by atoms with van der Waals surface area (Å²) in [7, 11) is 0. The molecule has 2 aliphatic carbocycles. The number of carbonyl (C=O) groups is 2. The molecule has 26 heavy (non-hydrogen) atoms. The van der Waals surface area contributed by atoms with E-state index in [-0.39, 0.29) is 40.9 Å². The lowest BCUT2D eigenvalue weighted by Gasteiger charge is -2.53. The standard InChI is InChI=1S/C22H30O4/c1-13(12-26-14(2)23)15-9-16-17(10-18(15)24)22(5)8-6-7-21(3,4)20(22)11-19(16)25/h9-10,13,20,24H,6-8,11-12H2,1-5H3/t13-,20+,22-/m1/s1. The van der Waals surface area contributed by atoms with E-state index in [2.05, 4.69) is 20.8 Å². The van der Waals surface area contributed by atoms with Crippen molar-refractivity contribution >= 4 is 11.8 Å². The van der Waals surface area contributed by atoms with Crippen molar-refractivity contribution in [1.29, 1.82) is 0 Å². The number of fused-ring (bicyclic) bond motifs is 3. The number of ketones is 1. The van der Waals surface area contributed by atoms with Crippen LogP contribution < -0.4 is 0 Å². The molecule has 3 rings (SSSR count). The van der Waals surface area contributed by atoms with Crippen molar-refractivity contribution in [2.45, 2.75) is 71.6 Å². The molecule has 4 heteroatoms. The first kappa shape index (κ1) is 18.9. The highest BCUT2D eigenvalue weighted by Crippen LogP contribution is 2.57. The van der Waals surface area contributed by atoms with E-state index in [0.717, 1.165) is 30.4 Å². The summed E-state index contributed by atoms with van der Waals surface area (Å²) in [6.07, 6.45) is 3.89. The van der Waals surface area contributed by atoms with Crippen LogP contribution in [0.5, 0.6) is 5.75 Å². The van der Waals surface area contributed by atoms with E-state index < -0.39 is 0 Å². The Bertz CT molecular complexity index is 749. The molecule has 1 fully saturated rings. The van der Waals surface area contributed by atoms with E-state index in [0.29, 0.717) is 17.9 Å². The van der Waals surface area contributed by atoms with Gasteiger partial charge in [0, 0.05) is 30.4 Å². The zero-order valence-corrected chi connectivity index (χ0v) is 16.5. The smallest absolute Gasteiger partial charge is 0.302 e. The number of Topliss-reactive ketones (excluding diaryl/α,β-unsaturated/α-hetero) is 1. The number of phenols is 1.